The summed E-state index contributed by atoms with van der Waals surface area (Å²) in [6.07, 6.45) is 1.79. The van der Waals surface area contributed by atoms with E-state index in [0.717, 1.165) is 22.4 Å². The van der Waals surface area contributed by atoms with Gasteiger partial charge in [-0.25, -0.2) is 4.39 Å². The molecular weight excluding hydrogens is 433 g/mol. The second kappa shape index (κ2) is 10.1. The lowest BCUT2D eigenvalue weighted by Crippen LogP contribution is -2.35. The molecule has 1 heterocycles. The molecule has 1 amide bonds. The van der Waals surface area contributed by atoms with Crippen molar-refractivity contribution in [2.75, 3.05) is 13.1 Å². The highest BCUT2D eigenvalue weighted by molar-refractivity contribution is 5.95. The molecule has 0 unspecified atom stereocenters. The molecule has 0 saturated heterocycles. The number of aliphatic carboxylic acids is 1. The molecule has 0 radical (unpaired) electrons. The zero-order valence-electron chi connectivity index (χ0n) is 19.2. The minimum atomic E-state index is -0.934. The highest BCUT2D eigenvalue weighted by Gasteiger charge is 2.35. The molecule has 1 aliphatic rings. The first-order valence-electron chi connectivity index (χ1n) is 11.4. The molecule has 1 N–H and O–H groups in total. The van der Waals surface area contributed by atoms with Crippen LogP contribution in [-0.2, 0) is 24.1 Å². The number of rotatable bonds is 9. The maximum Gasteiger partial charge on any atom is 0.305 e. The fourth-order valence-electron chi connectivity index (χ4n) is 4.42. The molecule has 0 saturated carbocycles. The van der Waals surface area contributed by atoms with E-state index in [1.165, 1.54) is 12.1 Å². The highest BCUT2D eigenvalue weighted by atomic mass is 19.1. The highest BCUT2D eigenvalue weighted by Crippen LogP contribution is 2.37. The first-order chi connectivity index (χ1) is 16.3. The third-order valence-corrected chi connectivity index (χ3v) is 6.12. The van der Waals surface area contributed by atoms with Gasteiger partial charge in [0.05, 0.1) is 6.42 Å². The van der Waals surface area contributed by atoms with E-state index in [2.05, 4.69) is 0 Å². The van der Waals surface area contributed by atoms with Gasteiger partial charge in [0.1, 0.15) is 17.2 Å². The van der Waals surface area contributed by atoms with Gasteiger partial charge in [0.15, 0.2) is 0 Å². The Morgan fingerprint density at radius 1 is 1.00 bits per heavy atom. The Kier molecular flexibility index (Phi) is 6.96. The van der Waals surface area contributed by atoms with Gasteiger partial charge in [-0.05, 0) is 60.4 Å². The van der Waals surface area contributed by atoms with E-state index in [1.54, 1.807) is 23.1 Å². The number of amides is 1. The van der Waals surface area contributed by atoms with Crippen molar-refractivity contribution in [3.8, 4) is 5.75 Å². The number of hydrogen-bond donors (Lipinski definition) is 1. The van der Waals surface area contributed by atoms with Crippen molar-refractivity contribution in [2.24, 2.45) is 0 Å². The van der Waals surface area contributed by atoms with Crippen molar-refractivity contribution in [1.82, 2.24) is 4.90 Å². The van der Waals surface area contributed by atoms with E-state index in [9.17, 15) is 14.0 Å². The molecule has 5 nitrogen and oxygen atoms in total. The van der Waals surface area contributed by atoms with E-state index >= 15 is 0 Å². The minimum absolute atomic E-state index is 0.107. The van der Waals surface area contributed by atoms with E-state index in [4.69, 9.17) is 9.84 Å². The second-order valence-electron chi connectivity index (χ2n) is 9.03. The second-order valence-corrected chi connectivity index (χ2v) is 9.03. The molecule has 1 atom stereocenters. The van der Waals surface area contributed by atoms with E-state index in [1.807, 2.05) is 49.4 Å². The van der Waals surface area contributed by atoms with Crippen LogP contribution in [0.3, 0.4) is 0 Å². The molecule has 0 spiro atoms. The number of carboxylic acid groups (broad SMARTS) is 1. The van der Waals surface area contributed by atoms with Crippen LogP contribution >= 0.6 is 0 Å². The Balaban J connectivity index is 1.47. The molecule has 0 aliphatic carbocycles. The number of fused-ring (bicyclic) bond motifs is 1. The molecule has 3 aromatic carbocycles. The van der Waals surface area contributed by atoms with Gasteiger partial charge in [0.25, 0.3) is 5.91 Å². The number of benzene rings is 3. The quantitative estimate of drug-likeness (QED) is 0.491. The summed E-state index contributed by atoms with van der Waals surface area (Å²) in [5, 5.41) is 9.15. The summed E-state index contributed by atoms with van der Waals surface area (Å²) >= 11 is 0. The summed E-state index contributed by atoms with van der Waals surface area (Å²) < 4.78 is 19.5. The van der Waals surface area contributed by atoms with Crippen molar-refractivity contribution >= 4 is 11.9 Å². The lowest BCUT2D eigenvalue weighted by molar-refractivity contribution is -0.137. The third-order valence-electron chi connectivity index (χ3n) is 6.12. The zero-order valence-corrected chi connectivity index (χ0v) is 19.2. The maximum absolute atomic E-state index is 13.3. The lowest BCUT2D eigenvalue weighted by Gasteiger charge is -2.24. The fourth-order valence-corrected chi connectivity index (χ4v) is 4.42. The SMILES string of the molecule is C[C@@]1(Cc2ccc(F)cc2)Cc2cc(C(=O)N(CCC(=O)O)CCc3ccccc3)ccc2O1. The largest absolute Gasteiger partial charge is 0.487 e. The molecule has 3 aromatic rings. The van der Waals surface area contributed by atoms with E-state index in [0.29, 0.717) is 31.4 Å². The molecule has 1 aliphatic heterocycles. The van der Waals surface area contributed by atoms with Crippen molar-refractivity contribution < 1.29 is 23.8 Å². The molecule has 0 fully saturated rings. The minimum Gasteiger partial charge on any atom is -0.487 e. The van der Waals surface area contributed by atoms with Crippen molar-refractivity contribution in [1.29, 1.82) is 0 Å². The number of ether oxygens (including phenoxy) is 1. The van der Waals surface area contributed by atoms with Gasteiger partial charge in [-0.1, -0.05) is 42.5 Å². The third kappa shape index (κ3) is 5.81. The van der Waals surface area contributed by atoms with Crippen LogP contribution in [0.1, 0.15) is 40.4 Å². The maximum atomic E-state index is 13.3. The Morgan fingerprint density at radius 2 is 1.74 bits per heavy atom. The Morgan fingerprint density at radius 3 is 2.44 bits per heavy atom. The van der Waals surface area contributed by atoms with Gasteiger partial charge in [0, 0.05) is 31.5 Å². The van der Waals surface area contributed by atoms with Gasteiger partial charge in [-0.15, -0.1) is 0 Å². The Hall–Kier alpha value is -3.67. The molecule has 0 aromatic heterocycles. The number of carboxylic acids is 1. The van der Waals surface area contributed by atoms with E-state index in [-0.39, 0.29) is 24.7 Å². The summed E-state index contributed by atoms with van der Waals surface area (Å²) in [5.74, 6) is -0.654. The molecule has 4 rings (SSSR count). The van der Waals surface area contributed by atoms with Gasteiger partial charge in [-0.2, -0.15) is 0 Å². The van der Waals surface area contributed by atoms with Crippen molar-refractivity contribution in [3.63, 3.8) is 0 Å². The summed E-state index contributed by atoms with van der Waals surface area (Å²) in [6, 6.07) is 21.6. The van der Waals surface area contributed by atoms with Crippen LogP contribution < -0.4 is 4.74 Å². The Bertz CT molecular complexity index is 1160. The molecule has 176 valence electrons. The summed E-state index contributed by atoms with van der Waals surface area (Å²) in [6.45, 7) is 2.60. The number of hydrogen-bond acceptors (Lipinski definition) is 3. The van der Waals surface area contributed by atoms with Crippen LogP contribution in [0.25, 0.3) is 0 Å². The standard InChI is InChI=1S/C28H28FNO4/c1-28(18-21-7-10-24(29)11-8-21)19-23-17-22(9-12-25(23)34-28)27(33)30(16-14-26(31)32)15-13-20-5-3-2-4-6-20/h2-12,17H,13-16,18-19H2,1H3,(H,31,32)/t28-/m1/s1. The number of carbonyl (C=O) groups excluding carboxylic acids is 1. The van der Waals surface area contributed by atoms with Crippen LogP contribution in [0, 0.1) is 5.82 Å². The molecular formula is C28H28FNO4. The predicted octanol–water partition coefficient (Wildman–Crippen LogP) is 4.92. The zero-order chi connectivity index (χ0) is 24.1. The van der Waals surface area contributed by atoms with Gasteiger partial charge < -0.3 is 14.7 Å². The molecule has 6 heteroatoms. The van der Waals surface area contributed by atoms with Gasteiger partial charge in [0.2, 0.25) is 0 Å². The first kappa shape index (κ1) is 23.5. The van der Waals surface area contributed by atoms with Crippen LogP contribution in [-0.4, -0.2) is 40.6 Å². The van der Waals surface area contributed by atoms with Gasteiger partial charge >= 0.3 is 5.97 Å². The normalized spacial score (nSPS) is 16.5. The average Bonchev–Trinajstić information content (AvgIpc) is 3.15. The topological polar surface area (TPSA) is 66.8 Å². The van der Waals surface area contributed by atoms with Crippen LogP contribution in [0.2, 0.25) is 0 Å². The van der Waals surface area contributed by atoms with Crippen LogP contribution in [0.4, 0.5) is 4.39 Å². The van der Waals surface area contributed by atoms with Crippen molar-refractivity contribution in [3.05, 3.63) is 101 Å². The van der Waals surface area contributed by atoms with Gasteiger partial charge in [-0.3, -0.25) is 9.59 Å². The lowest BCUT2D eigenvalue weighted by atomic mass is 9.91. The predicted molar refractivity (Wildman–Crippen MR) is 128 cm³/mol. The number of carbonyl (C=O) groups is 2. The van der Waals surface area contributed by atoms with Crippen molar-refractivity contribution in [2.45, 2.75) is 38.2 Å². The fraction of sp³-hybridized carbons (Fsp3) is 0.286. The smallest absolute Gasteiger partial charge is 0.305 e. The molecule has 0 bridgehead atoms. The van der Waals surface area contributed by atoms with Crippen LogP contribution in [0.5, 0.6) is 5.75 Å². The first-order valence-corrected chi connectivity index (χ1v) is 11.4. The summed E-state index contributed by atoms with van der Waals surface area (Å²) in [7, 11) is 0. The van der Waals surface area contributed by atoms with E-state index < -0.39 is 11.6 Å². The van der Waals surface area contributed by atoms with Crippen LogP contribution in [0.15, 0.2) is 72.8 Å². The molecule has 34 heavy (non-hydrogen) atoms. The summed E-state index contributed by atoms with van der Waals surface area (Å²) in [5.41, 5.74) is 3.05. The summed E-state index contributed by atoms with van der Waals surface area (Å²) in [4.78, 5) is 26.1. The monoisotopic (exact) mass is 461 g/mol. The number of halogens is 1. The number of nitrogens with zero attached hydrogens (tertiary/aromatic N) is 1. The average molecular weight is 462 g/mol. The Labute approximate surface area is 198 Å².